The summed E-state index contributed by atoms with van der Waals surface area (Å²) >= 11 is 0. The van der Waals surface area contributed by atoms with Crippen LogP contribution in [0.3, 0.4) is 0 Å². The highest BCUT2D eigenvalue weighted by Crippen LogP contribution is 2.43. The lowest BCUT2D eigenvalue weighted by Gasteiger charge is -2.14. The van der Waals surface area contributed by atoms with Crippen LogP contribution in [0.4, 0.5) is 0 Å². The summed E-state index contributed by atoms with van der Waals surface area (Å²) < 4.78 is 4.67. The zero-order chi connectivity index (χ0) is 41.0. The van der Waals surface area contributed by atoms with Gasteiger partial charge in [-0.3, -0.25) is 4.57 Å². The number of nitrogens with zero attached hydrogens (tertiary/aromatic N) is 5. The highest BCUT2D eigenvalue weighted by Gasteiger charge is 2.24. The zero-order valence-electron chi connectivity index (χ0n) is 33.6. The predicted molar refractivity (Wildman–Crippen MR) is 256 cm³/mol. The van der Waals surface area contributed by atoms with E-state index in [2.05, 4.69) is 215 Å². The molecule has 0 bridgehead atoms. The molecule has 3 aromatic heterocycles. The van der Waals surface area contributed by atoms with E-state index in [1.165, 1.54) is 22.3 Å². The van der Waals surface area contributed by atoms with Gasteiger partial charge in [-0.25, -0.2) is 4.98 Å². The average Bonchev–Trinajstić information content (AvgIpc) is 3.88. The highest BCUT2D eigenvalue weighted by molar-refractivity contribution is 6.26. The molecule has 0 saturated heterocycles. The number of hydrogen-bond acceptors (Lipinski definition) is 3. The number of rotatable bonds is 7. The molecule has 12 rings (SSSR count). The van der Waals surface area contributed by atoms with Crippen LogP contribution in [0, 0.1) is 0 Å². The fourth-order valence-corrected chi connectivity index (χ4v) is 9.14. The van der Waals surface area contributed by atoms with E-state index in [0.717, 1.165) is 71.6 Å². The van der Waals surface area contributed by atoms with Gasteiger partial charge in [0.2, 0.25) is 5.95 Å². The number of aromatic nitrogens is 5. The third-order valence-corrected chi connectivity index (χ3v) is 12.0. The molecule has 62 heavy (non-hydrogen) atoms. The molecule has 0 aliphatic rings. The van der Waals surface area contributed by atoms with E-state index in [9.17, 15) is 0 Å². The minimum Gasteiger partial charge on any atom is -0.309 e. The predicted octanol–water partition coefficient (Wildman–Crippen LogP) is 14.4. The Labute approximate surface area is 358 Å². The maximum absolute atomic E-state index is 5.37. The zero-order valence-corrected chi connectivity index (χ0v) is 33.6. The molecule has 5 nitrogen and oxygen atoms in total. The van der Waals surface area contributed by atoms with Crippen LogP contribution in [0.5, 0.6) is 0 Å². The van der Waals surface area contributed by atoms with Crippen LogP contribution in [0.1, 0.15) is 0 Å². The normalized spacial score (nSPS) is 11.5. The molecule has 5 heteroatoms. The molecular weight excluding hydrogens is 755 g/mol. The first-order valence-corrected chi connectivity index (χ1v) is 21.0. The maximum atomic E-state index is 5.37. The molecule has 0 saturated carbocycles. The standard InChI is InChI=1S/C57H37N5/c1-4-17-38(18-5-1)43-23-16-24-44(37-43)39-31-33-42(34-32-39)56-58-55(41-21-8-3-9-22-41)59-57(60-56)62-50-29-14-11-26-46(50)47-35-36-52-53(54(47)62)48-27-12-15-30-51(48)61(52)49-28-13-10-25-45(49)40-19-6-2-7-20-40/h1-37H. The topological polar surface area (TPSA) is 48.5 Å². The van der Waals surface area contributed by atoms with E-state index in [4.69, 9.17) is 15.0 Å². The molecule has 3 heterocycles. The number of benzene rings is 9. The number of para-hydroxylation sites is 3. The van der Waals surface area contributed by atoms with E-state index in [-0.39, 0.29) is 0 Å². The second-order valence-corrected chi connectivity index (χ2v) is 15.6. The molecule has 9 aromatic carbocycles. The van der Waals surface area contributed by atoms with Gasteiger partial charge >= 0.3 is 0 Å². The van der Waals surface area contributed by atoms with Crippen LogP contribution < -0.4 is 0 Å². The molecule has 0 unspecified atom stereocenters. The third kappa shape index (κ3) is 5.90. The van der Waals surface area contributed by atoms with Crippen LogP contribution in [0.15, 0.2) is 224 Å². The third-order valence-electron chi connectivity index (χ3n) is 12.0. The minimum absolute atomic E-state index is 0.564. The van der Waals surface area contributed by atoms with Gasteiger partial charge in [0.25, 0.3) is 0 Å². The summed E-state index contributed by atoms with van der Waals surface area (Å²) in [5.41, 5.74) is 14.3. The van der Waals surface area contributed by atoms with Gasteiger partial charge in [0, 0.05) is 38.2 Å². The van der Waals surface area contributed by atoms with Gasteiger partial charge in [0.05, 0.1) is 27.8 Å². The Morgan fingerprint density at radius 1 is 0.290 bits per heavy atom. The lowest BCUT2D eigenvalue weighted by atomic mass is 9.98. The fraction of sp³-hybridized carbons (Fsp3) is 0. The lowest BCUT2D eigenvalue weighted by molar-refractivity contribution is 0.955. The first kappa shape index (κ1) is 35.5. The lowest BCUT2D eigenvalue weighted by Crippen LogP contribution is -2.06. The summed E-state index contributed by atoms with van der Waals surface area (Å²) in [6, 6.07) is 79.2. The molecule has 0 atom stereocenters. The largest absolute Gasteiger partial charge is 0.309 e. The summed E-state index contributed by atoms with van der Waals surface area (Å²) in [7, 11) is 0. The van der Waals surface area contributed by atoms with Crippen LogP contribution >= 0.6 is 0 Å². The van der Waals surface area contributed by atoms with Gasteiger partial charge < -0.3 is 4.57 Å². The average molecular weight is 792 g/mol. The summed E-state index contributed by atoms with van der Waals surface area (Å²) in [5, 5.41) is 4.57. The Hall–Kier alpha value is -8.41. The minimum atomic E-state index is 0.564. The van der Waals surface area contributed by atoms with E-state index < -0.39 is 0 Å². The number of fused-ring (bicyclic) bond motifs is 7. The summed E-state index contributed by atoms with van der Waals surface area (Å²) in [5.74, 6) is 1.78. The van der Waals surface area contributed by atoms with Gasteiger partial charge in [-0.05, 0) is 58.1 Å². The first-order valence-electron chi connectivity index (χ1n) is 21.0. The van der Waals surface area contributed by atoms with Crippen molar-refractivity contribution in [2.45, 2.75) is 0 Å². The molecule has 12 aromatic rings. The Balaban J connectivity index is 1.09. The van der Waals surface area contributed by atoms with Crippen LogP contribution in [-0.4, -0.2) is 24.1 Å². The fourth-order valence-electron chi connectivity index (χ4n) is 9.14. The van der Waals surface area contributed by atoms with Gasteiger partial charge in [-0.1, -0.05) is 194 Å². The van der Waals surface area contributed by atoms with E-state index in [1.54, 1.807) is 0 Å². The van der Waals surface area contributed by atoms with Crippen molar-refractivity contribution in [3.63, 3.8) is 0 Å². The van der Waals surface area contributed by atoms with Gasteiger partial charge in [-0.15, -0.1) is 0 Å². The van der Waals surface area contributed by atoms with Crippen molar-refractivity contribution < 1.29 is 0 Å². The van der Waals surface area contributed by atoms with Gasteiger partial charge in [0.15, 0.2) is 11.6 Å². The van der Waals surface area contributed by atoms with E-state index in [0.29, 0.717) is 17.6 Å². The SMILES string of the molecule is c1ccc(-c2cccc(-c3ccc(-c4nc(-c5ccccc5)nc(-n5c6ccccc6c6ccc7c(c8ccccc8n7-c7ccccc7-c7ccccc7)c65)n4)cc3)c2)cc1. The van der Waals surface area contributed by atoms with E-state index >= 15 is 0 Å². The highest BCUT2D eigenvalue weighted by atomic mass is 15.2. The van der Waals surface area contributed by atoms with Crippen molar-refractivity contribution >= 4 is 43.6 Å². The van der Waals surface area contributed by atoms with Gasteiger partial charge in [0.1, 0.15) is 0 Å². The Morgan fingerprint density at radius 3 is 1.48 bits per heavy atom. The van der Waals surface area contributed by atoms with Crippen molar-refractivity contribution in [1.29, 1.82) is 0 Å². The second kappa shape index (κ2) is 14.7. The molecule has 0 aliphatic carbocycles. The molecule has 0 spiro atoms. The molecule has 0 radical (unpaired) electrons. The smallest absolute Gasteiger partial charge is 0.238 e. The van der Waals surface area contributed by atoms with Crippen LogP contribution in [0.25, 0.3) is 111 Å². The van der Waals surface area contributed by atoms with Crippen molar-refractivity contribution in [2.24, 2.45) is 0 Å². The van der Waals surface area contributed by atoms with Crippen molar-refractivity contribution in [2.75, 3.05) is 0 Å². The molecule has 290 valence electrons. The quantitative estimate of drug-likeness (QED) is 0.162. The number of hydrogen-bond donors (Lipinski definition) is 0. The Kier molecular flexibility index (Phi) is 8.42. The van der Waals surface area contributed by atoms with Crippen LogP contribution in [-0.2, 0) is 0 Å². The second-order valence-electron chi connectivity index (χ2n) is 15.6. The Bertz CT molecular complexity index is 3610. The van der Waals surface area contributed by atoms with Crippen molar-refractivity contribution in [3.05, 3.63) is 224 Å². The Morgan fingerprint density at radius 2 is 0.790 bits per heavy atom. The van der Waals surface area contributed by atoms with Crippen molar-refractivity contribution in [1.82, 2.24) is 24.1 Å². The molecule has 0 fully saturated rings. The first-order chi connectivity index (χ1) is 30.8. The van der Waals surface area contributed by atoms with Gasteiger partial charge in [-0.2, -0.15) is 9.97 Å². The van der Waals surface area contributed by atoms with Crippen molar-refractivity contribution in [3.8, 4) is 67.8 Å². The maximum Gasteiger partial charge on any atom is 0.238 e. The molecule has 0 amide bonds. The van der Waals surface area contributed by atoms with E-state index in [1.807, 2.05) is 18.2 Å². The molecular formula is C57H37N5. The molecule has 0 N–H and O–H groups in total. The van der Waals surface area contributed by atoms with Crippen LogP contribution in [0.2, 0.25) is 0 Å². The summed E-state index contributed by atoms with van der Waals surface area (Å²) in [6.07, 6.45) is 0. The summed E-state index contributed by atoms with van der Waals surface area (Å²) in [4.78, 5) is 15.8. The monoisotopic (exact) mass is 791 g/mol. The summed E-state index contributed by atoms with van der Waals surface area (Å²) in [6.45, 7) is 0. The molecule has 0 aliphatic heterocycles.